The van der Waals surface area contributed by atoms with Crippen molar-refractivity contribution in [2.75, 3.05) is 4.90 Å². The Hall–Kier alpha value is -2.66. The largest absolute Gasteiger partial charge is 0.351 e. The molecule has 4 nitrogen and oxygen atoms in total. The Balaban J connectivity index is 1.81. The van der Waals surface area contributed by atoms with E-state index in [1.54, 1.807) is 0 Å². The molecular formula is C23H26N4S. The molecule has 1 saturated heterocycles. The first-order valence-electron chi connectivity index (χ1n) is 9.70. The number of hydrogen-bond donors (Lipinski definition) is 1. The summed E-state index contributed by atoms with van der Waals surface area (Å²) in [6.07, 6.45) is 1.84. The summed E-state index contributed by atoms with van der Waals surface area (Å²) in [5.74, 6) is 0.505. The summed E-state index contributed by atoms with van der Waals surface area (Å²) in [6, 6.07) is 19.2. The van der Waals surface area contributed by atoms with Gasteiger partial charge in [0.1, 0.15) is 6.04 Å². The highest BCUT2D eigenvalue weighted by molar-refractivity contribution is 7.80. The van der Waals surface area contributed by atoms with Gasteiger partial charge in [-0.2, -0.15) is 0 Å². The van der Waals surface area contributed by atoms with Crippen molar-refractivity contribution in [2.24, 2.45) is 7.05 Å². The van der Waals surface area contributed by atoms with Crippen LogP contribution in [0, 0.1) is 6.92 Å². The minimum absolute atomic E-state index is 0.00789. The van der Waals surface area contributed by atoms with Crippen LogP contribution in [0.5, 0.6) is 0 Å². The van der Waals surface area contributed by atoms with E-state index >= 15 is 0 Å². The number of aryl methyl sites for hydroxylation is 1. The molecule has 2 atom stereocenters. The molecule has 1 fully saturated rings. The van der Waals surface area contributed by atoms with E-state index in [0.717, 1.165) is 16.5 Å². The third kappa shape index (κ3) is 3.20. The number of rotatable bonds is 4. The minimum Gasteiger partial charge on any atom is -0.351 e. The number of hydrogen-bond acceptors (Lipinski definition) is 2. The highest BCUT2D eigenvalue weighted by Crippen LogP contribution is 2.41. The third-order valence-electron chi connectivity index (χ3n) is 5.65. The number of nitrogens with zero attached hydrogens (tertiary/aromatic N) is 3. The van der Waals surface area contributed by atoms with Crippen LogP contribution in [0.15, 0.2) is 60.8 Å². The summed E-state index contributed by atoms with van der Waals surface area (Å²) in [7, 11) is 2.11. The lowest BCUT2D eigenvalue weighted by Gasteiger charge is -2.28. The predicted molar refractivity (Wildman–Crippen MR) is 119 cm³/mol. The molecule has 1 aliphatic heterocycles. The van der Waals surface area contributed by atoms with Crippen molar-refractivity contribution in [3.63, 3.8) is 0 Å². The Morgan fingerprint density at radius 1 is 1.04 bits per heavy atom. The summed E-state index contributed by atoms with van der Waals surface area (Å²) in [6.45, 7) is 6.55. The molecule has 0 spiro atoms. The number of benzene rings is 1. The van der Waals surface area contributed by atoms with E-state index in [-0.39, 0.29) is 12.1 Å². The maximum atomic E-state index is 5.79. The van der Waals surface area contributed by atoms with Crippen molar-refractivity contribution in [3.8, 4) is 0 Å². The second-order valence-electron chi connectivity index (χ2n) is 7.70. The summed E-state index contributed by atoms with van der Waals surface area (Å²) >= 11 is 5.79. The average Bonchev–Trinajstić information content (AvgIpc) is 3.22. The van der Waals surface area contributed by atoms with Crippen LogP contribution in [0.2, 0.25) is 0 Å². The molecule has 0 saturated carbocycles. The lowest BCUT2D eigenvalue weighted by molar-refractivity contribution is 0.539. The molecule has 0 aliphatic carbocycles. The van der Waals surface area contributed by atoms with Crippen LogP contribution in [-0.2, 0) is 7.05 Å². The van der Waals surface area contributed by atoms with Crippen LogP contribution < -0.4 is 10.2 Å². The smallest absolute Gasteiger partial charge is 0.174 e. The topological polar surface area (TPSA) is 33.1 Å². The quantitative estimate of drug-likeness (QED) is 0.634. The van der Waals surface area contributed by atoms with E-state index < -0.39 is 0 Å². The van der Waals surface area contributed by atoms with E-state index in [1.165, 1.54) is 17.0 Å². The van der Waals surface area contributed by atoms with Gasteiger partial charge in [-0.1, -0.05) is 32.0 Å². The zero-order valence-corrected chi connectivity index (χ0v) is 17.6. The standard InChI is InChI=1S/C23H26N4S/c1-15(2)17-9-11-18(12-10-17)27-22(20-13-8-16(3)26(20)4)21(25-23(27)28)19-7-5-6-14-24-19/h5-15,21-22H,1-4H3,(H,25,28)/t21-,22-/m0/s1. The zero-order valence-electron chi connectivity index (χ0n) is 16.8. The SMILES string of the molecule is Cc1ccc([C@H]2[C@H](c3ccccn3)NC(=S)N2c2ccc(C(C)C)cc2)n1C. The van der Waals surface area contributed by atoms with Crippen LogP contribution in [0.3, 0.4) is 0 Å². The predicted octanol–water partition coefficient (Wildman–Crippen LogP) is 5.03. The number of pyridine rings is 1. The van der Waals surface area contributed by atoms with Crippen LogP contribution in [-0.4, -0.2) is 14.7 Å². The second kappa shape index (κ2) is 7.40. The van der Waals surface area contributed by atoms with Gasteiger partial charge in [-0.25, -0.2) is 0 Å². The summed E-state index contributed by atoms with van der Waals surface area (Å²) in [4.78, 5) is 6.84. The molecule has 28 heavy (non-hydrogen) atoms. The number of anilines is 1. The van der Waals surface area contributed by atoms with Gasteiger partial charge in [-0.15, -0.1) is 0 Å². The van der Waals surface area contributed by atoms with Crippen molar-refractivity contribution in [2.45, 2.75) is 38.8 Å². The highest BCUT2D eigenvalue weighted by Gasteiger charge is 2.41. The maximum Gasteiger partial charge on any atom is 0.174 e. The van der Waals surface area contributed by atoms with E-state index in [4.69, 9.17) is 12.2 Å². The first-order chi connectivity index (χ1) is 13.5. The summed E-state index contributed by atoms with van der Waals surface area (Å²) < 4.78 is 2.24. The molecule has 2 aromatic heterocycles. The lowest BCUT2D eigenvalue weighted by Crippen LogP contribution is -2.30. The molecule has 0 unspecified atom stereocenters. The first-order valence-corrected chi connectivity index (χ1v) is 10.1. The van der Waals surface area contributed by atoms with Crippen LogP contribution >= 0.6 is 12.2 Å². The molecule has 144 valence electrons. The van der Waals surface area contributed by atoms with Crippen molar-refractivity contribution in [1.82, 2.24) is 14.9 Å². The molecule has 1 aromatic carbocycles. The summed E-state index contributed by atoms with van der Waals surface area (Å²) in [5.41, 5.74) is 5.87. The van der Waals surface area contributed by atoms with Crippen molar-refractivity contribution in [1.29, 1.82) is 0 Å². The molecule has 3 heterocycles. The Kier molecular flexibility index (Phi) is 4.94. The third-order valence-corrected chi connectivity index (χ3v) is 5.97. The molecular weight excluding hydrogens is 364 g/mol. The van der Waals surface area contributed by atoms with Crippen LogP contribution in [0.1, 0.15) is 54.5 Å². The fourth-order valence-electron chi connectivity index (χ4n) is 3.88. The van der Waals surface area contributed by atoms with Crippen molar-refractivity contribution < 1.29 is 0 Å². The zero-order chi connectivity index (χ0) is 19.8. The van der Waals surface area contributed by atoms with Gasteiger partial charge in [-0.05, 0) is 67.0 Å². The van der Waals surface area contributed by atoms with Gasteiger partial charge < -0.3 is 14.8 Å². The van der Waals surface area contributed by atoms with Crippen molar-refractivity contribution in [3.05, 3.63) is 83.4 Å². The molecule has 1 aliphatic rings. The first kappa shape index (κ1) is 18.7. The van der Waals surface area contributed by atoms with Crippen LogP contribution in [0.4, 0.5) is 5.69 Å². The van der Waals surface area contributed by atoms with Crippen molar-refractivity contribution >= 4 is 23.0 Å². The Morgan fingerprint density at radius 3 is 2.36 bits per heavy atom. The monoisotopic (exact) mass is 390 g/mol. The van der Waals surface area contributed by atoms with E-state index in [2.05, 4.69) is 90.1 Å². The molecule has 5 heteroatoms. The van der Waals surface area contributed by atoms with Gasteiger partial charge in [0.25, 0.3) is 0 Å². The Bertz CT molecular complexity index is 976. The van der Waals surface area contributed by atoms with Gasteiger partial charge in [0.15, 0.2) is 5.11 Å². The number of thiocarbonyl (C=S) groups is 1. The normalized spacial score (nSPS) is 19.3. The molecule has 4 rings (SSSR count). The fraction of sp³-hybridized carbons (Fsp3) is 0.304. The molecule has 0 amide bonds. The summed E-state index contributed by atoms with van der Waals surface area (Å²) in [5, 5.41) is 4.26. The van der Waals surface area contributed by atoms with Gasteiger partial charge in [-0.3, -0.25) is 4.98 Å². The second-order valence-corrected chi connectivity index (χ2v) is 8.09. The Labute approximate surface area is 172 Å². The highest BCUT2D eigenvalue weighted by atomic mass is 32.1. The van der Waals surface area contributed by atoms with E-state index in [1.807, 2.05) is 18.3 Å². The van der Waals surface area contributed by atoms with Gasteiger partial charge >= 0.3 is 0 Å². The lowest BCUT2D eigenvalue weighted by atomic mass is 9.99. The van der Waals surface area contributed by atoms with Gasteiger partial charge in [0.05, 0.1) is 11.7 Å². The number of aromatic nitrogens is 2. The minimum atomic E-state index is -0.00789. The molecule has 0 bridgehead atoms. The average molecular weight is 391 g/mol. The molecule has 0 radical (unpaired) electrons. The van der Waals surface area contributed by atoms with E-state index in [9.17, 15) is 0 Å². The fourth-order valence-corrected chi connectivity index (χ4v) is 4.23. The number of nitrogens with one attached hydrogen (secondary N) is 1. The molecule has 1 N–H and O–H groups in total. The van der Waals surface area contributed by atoms with E-state index in [0.29, 0.717) is 5.92 Å². The molecule has 3 aromatic rings. The van der Waals surface area contributed by atoms with Gasteiger partial charge in [0, 0.05) is 30.3 Å². The Morgan fingerprint density at radius 2 is 1.79 bits per heavy atom. The maximum absolute atomic E-state index is 5.79. The van der Waals surface area contributed by atoms with Gasteiger partial charge in [0.2, 0.25) is 0 Å². The van der Waals surface area contributed by atoms with Crippen LogP contribution in [0.25, 0.3) is 0 Å².